The predicted octanol–water partition coefficient (Wildman–Crippen LogP) is -1.80. The van der Waals surface area contributed by atoms with Crippen LogP contribution in [-0.4, -0.2) is 79.4 Å². The van der Waals surface area contributed by atoms with Crippen molar-refractivity contribution in [2.45, 2.75) is 43.0 Å². The maximum absolute atomic E-state index is 12.2. The number of nitrogens with zero attached hydrogens (tertiary/aromatic N) is 1. The summed E-state index contributed by atoms with van der Waals surface area (Å²) >= 11 is 0. The molecule has 1 aromatic carbocycles. The van der Waals surface area contributed by atoms with Gasteiger partial charge in [0, 0.05) is 23.8 Å². The molecule has 0 saturated carbocycles. The zero-order chi connectivity index (χ0) is 24.1. The molecule has 0 aliphatic carbocycles. The van der Waals surface area contributed by atoms with Crippen LogP contribution >= 0.6 is 0 Å². The van der Waals surface area contributed by atoms with Gasteiger partial charge in [0.25, 0.3) is 11.8 Å². The highest BCUT2D eigenvalue weighted by Gasteiger charge is 2.58. The number of amides is 2. The highest BCUT2D eigenvalue weighted by molar-refractivity contribution is 6.00. The average molecular weight is 465 g/mol. The van der Waals surface area contributed by atoms with Gasteiger partial charge >= 0.3 is 11.6 Å². The molecular formula is C20H19NO12. The number of benzene rings is 1. The van der Waals surface area contributed by atoms with Gasteiger partial charge in [-0.3, -0.25) is 9.59 Å². The quantitative estimate of drug-likeness (QED) is 0.245. The molecule has 0 unspecified atom stereocenters. The molecule has 2 amide bonds. The molecular weight excluding hydrogens is 446 g/mol. The minimum atomic E-state index is -2.50. The van der Waals surface area contributed by atoms with Crippen LogP contribution < -0.4 is 5.63 Å². The number of ether oxygens (including phenoxy) is 1. The largest absolute Gasteiger partial charge is 0.477 e. The van der Waals surface area contributed by atoms with Crippen LogP contribution in [-0.2, 0) is 25.0 Å². The number of imide groups is 1. The second-order valence-corrected chi connectivity index (χ2v) is 7.61. The van der Waals surface area contributed by atoms with Crippen LogP contribution in [0.25, 0.3) is 11.0 Å². The van der Waals surface area contributed by atoms with Crippen molar-refractivity contribution in [3.8, 4) is 0 Å². The number of aromatic carboxylic acids is 1. The summed E-state index contributed by atoms with van der Waals surface area (Å²) in [6.07, 6.45) is -7.63. The fourth-order valence-corrected chi connectivity index (χ4v) is 3.78. The predicted molar refractivity (Wildman–Crippen MR) is 103 cm³/mol. The Balaban J connectivity index is 1.89. The number of rotatable bonds is 5. The molecule has 3 heterocycles. The van der Waals surface area contributed by atoms with Gasteiger partial charge in [-0.2, -0.15) is 0 Å². The first-order valence-electron chi connectivity index (χ1n) is 9.78. The molecule has 1 aromatic heterocycles. The standard InChI is InChI=1S/C20H19NO12/c22-7-12-15(25)16(26)17(27)20(32-12,33-21-13(23)3-4-14(21)24)9-2-1-8-5-10(18(28)29)19(30)31-11(8)6-9/h1-2,5-6,12,15-17,22,25-27H,3-4,7H2,(H,28,29)/t12-,15+,16+,17-,20+/m1/s1. The summed E-state index contributed by atoms with van der Waals surface area (Å²) in [5.74, 6) is -5.51. The number of hydrogen-bond acceptors (Lipinski definition) is 11. The van der Waals surface area contributed by atoms with Crippen LogP contribution in [0.5, 0.6) is 0 Å². The van der Waals surface area contributed by atoms with Gasteiger partial charge in [-0.05, 0) is 12.1 Å². The highest BCUT2D eigenvalue weighted by atomic mass is 16.8. The zero-order valence-electron chi connectivity index (χ0n) is 16.8. The Bertz CT molecular complexity index is 1170. The van der Waals surface area contributed by atoms with Crippen molar-refractivity contribution in [1.29, 1.82) is 0 Å². The number of aliphatic hydroxyl groups is 4. The molecule has 176 valence electrons. The molecule has 13 nitrogen and oxygen atoms in total. The van der Waals surface area contributed by atoms with E-state index in [0.29, 0.717) is 5.06 Å². The maximum Gasteiger partial charge on any atom is 0.351 e. The van der Waals surface area contributed by atoms with Gasteiger partial charge in [-0.1, -0.05) is 12.1 Å². The Labute approximate surface area is 183 Å². The Kier molecular flexibility index (Phi) is 5.78. The van der Waals surface area contributed by atoms with Gasteiger partial charge in [0.05, 0.1) is 6.61 Å². The molecule has 5 atom stereocenters. The number of hydrogen-bond donors (Lipinski definition) is 5. The van der Waals surface area contributed by atoms with Crippen LogP contribution in [0.15, 0.2) is 33.5 Å². The zero-order valence-corrected chi connectivity index (χ0v) is 16.8. The third-order valence-corrected chi connectivity index (χ3v) is 5.55. The SMILES string of the molecule is O=C(O)c1cc2ccc([C@@]3(ON4C(=O)CCC4=O)O[C@H](CO)[C@H](O)[C@H](O)[C@H]3O)cc2oc1=O. The first kappa shape index (κ1) is 23.0. The number of carbonyl (C=O) groups is 3. The number of aliphatic hydroxyl groups excluding tert-OH is 4. The lowest BCUT2D eigenvalue weighted by Gasteiger charge is -2.48. The summed E-state index contributed by atoms with van der Waals surface area (Å²) in [7, 11) is 0. The molecule has 4 rings (SSSR count). The minimum absolute atomic E-state index is 0.161. The molecule has 13 heteroatoms. The molecule has 2 aliphatic rings. The first-order valence-corrected chi connectivity index (χ1v) is 9.78. The Morgan fingerprint density at radius 2 is 1.76 bits per heavy atom. The smallest absolute Gasteiger partial charge is 0.351 e. The average Bonchev–Trinajstić information content (AvgIpc) is 3.10. The van der Waals surface area contributed by atoms with Crippen LogP contribution in [0, 0.1) is 0 Å². The first-order chi connectivity index (χ1) is 15.6. The van der Waals surface area contributed by atoms with Gasteiger partial charge in [0.2, 0.25) is 5.79 Å². The Morgan fingerprint density at radius 1 is 1.09 bits per heavy atom. The van der Waals surface area contributed by atoms with E-state index in [1.54, 1.807) is 0 Å². The van der Waals surface area contributed by atoms with Crippen molar-refractivity contribution in [1.82, 2.24) is 5.06 Å². The molecule has 0 bridgehead atoms. The molecule has 33 heavy (non-hydrogen) atoms. The van der Waals surface area contributed by atoms with Crippen LogP contribution in [0.4, 0.5) is 0 Å². The van der Waals surface area contributed by atoms with Gasteiger partial charge in [-0.15, -0.1) is 5.06 Å². The van der Waals surface area contributed by atoms with Crippen LogP contribution in [0.1, 0.15) is 28.8 Å². The summed E-state index contributed by atoms with van der Waals surface area (Å²) < 4.78 is 10.7. The minimum Gasteiger partial charge on any atom is -0.477 e. The molecule has 2 saturated heterocycles. The maximum atomic E-state index is 12.2. The van der Waals surface area contributed by atoms with Gasteiger partial charge < -0.3 is 34.7 Å². The van der Waals surface area contributed by atoms with E-state index in [4.69, 9.17) is 19.1 Å². The summed E-state index contributed by atoms with van der Waals surface area (Å²) in [6, 6.07) is 4.72. The second kappa shape index (κ2) is 8.30. The Hall–Kier alpha value is -3.20. The molecule has 5 N–H and O–H groups in total. The van der Waals surface area contributed by atoms with E-state index in [1.165, 1.54) is 12.1 Å². The van der Waals surface area contributed by atoms with Crippen molar-refractivity contribution in [2.75, 3.05) is 6.61 Å². The molecule has 2 fully saturated rings. The number of carboxylic acids is 1. The summed E-state index contributed by atoms with van der Waals surface area (Å²) in [4.78, 5) is 53.0. The molecule has 2 aliphatic heterocycles. The summed E-state index contributed by atoms with van der Waals surface area (Å²) in [5.41, 5.74) is -2.12. The van der Waals surface area contributed by atoms with E-state index < -0.39 is 65.8 Å². The third-order valence-electron chi connectivity index (χ3n) is 5.55. The van der Waals surface area contributed by atoms with Crippen molar-refractivity contribution in [2.24, 2.45) is 0 Å². The topological polar surface area (TPSA) is 204 Å². The van der Waals surface area contributed by atoms with Crippen LogP contribution in [0.3, 0.4) is 0 Å². The van der Waals surface area contributed by atoms with Crippen molar-refractivity contribution < 1.29 is 53.9 Å². The molecule has 0 radical (unpaired) electrons. The van der Waals surface area contributed by atoms with Gasteiger partial charge in [-0.25, -0.2) is 14.4 Å². The van der Waals surface area contributed by atoms with E-state index in [1.807, 2.05) is 0 Å². The van der Waals surface area contributed by atoms with Crippen LogP contribution in [0.2, 0.25) is 0 Å². The van der Waals surface area contributed by atoms with E-state index in [2.05, 4.69) is 0 Å². The number of carboxylic acid groups (broad SMARTS) is 1. The Morgan fingerprint density at radius 3 is 2.36 bits per heavy atom. The molecule has 2 aromatic rings. The van der Waals surface area contributed by atoms with Crippen molar-refractivity contribution in [3.63, 3.8) is 0 Å². The van der Waals surface area contributed by atoms with E-state index in [-0.39, 0.29) is 29.4 Å². The van der Waals surface area contributed by atoms with E-state index >= 15 is 0 Å². The molecule has 0 spiro atoms. The third kappa shape index (κ3) is 3.70. The van der Waals surface area contributed by atoms with E-state index in [9.17, 15) is 39.6 Å². The van der Waals surface area contributed by atoms with Gasteiger partial charge in [0.1, 0.15) is 35.6 Å². The lowest BCUT2D eigenvalue weighted by Crippen LogP contribution is -2.65. The normalized spacial score (nSPS) is 30.2. The summed E-state index contributed by atoms with van der Waals surface area (Å²) in [6.45, 7) is -0.831. The number of carbonyl (C=O) groups excluding carboxylic acids is 2. The second-order valence-electron chi connectivity index (χ2n) is 7.61. The number of fused-ring (bicyclic) bond motifs is 1. The fraction of sp³-hybridized carbons (Fsp3) is 0.400. The lowest BCUT2D eigenvalue weighted by molar-refractivity contribution is -0.414. The summed E-state index contributed by atoms with van der Waals surface area (Å²) in [5, 5.41) is 50.6. The van der Waals surface area contributed by atoms with Crippen molar-refractivity contribution >= 4 is 28.8 Å². The van der Waals surface area contributed by atoms with Crippen molar-refractivity contribution in [3.05, 3.63) is 45.8 Å². The monoisotopic (exact) mass is 465 g/mol. The number of hydroxylamine groups is 2. The lowest BCUT2D eigenvalue weighted by atomic mass is 9.88. The fourth-order valence-electron chi connectivity index (χ4n) is 3.78. The van der Waals surface area contributed by atoms with Gasteiger partial charge in [0.15, 0.2) is 0 Å². The highest BCUT2D eigenvalue weighted by Crippen LogP contribution is 2.42. The van der Waals surface area contributed by atoms with E-state index in [0.717, 1.165) is 12.1 Å².